The molecule has 1 N–H and O–H groups in total. The number of halogens is 1. The van der Waals surface area contributed by atoms with Crippen molar-refractivity contribution in [2.24, 2.45) is 0 Å². The molecule has 2 aromatic rings. The van der Waals surface area contributed by atoms with E-state index < -0.39 is 0 Å². The van der Waals surface area contributed by atoms with E-state index in [-0.39, 0.29) is 0 Å². The summed E-state index contributed by atoms with van der Waals surface area (Å²) in [5.41, 5.74) is 4.11. The minimum atomic E-state index is 0.540. The predicted molar refractivity (Wildman–Crippen MR) is 76.9 cm³/mol. The quantitative estimate of drug-likeness (QED) is 0.850. The van der Waals surface area contributed by atoms with Crippen LogP contribution in [0.2, 0.25) is 5.02 Å². The summed E-state index contributed by atoms with van der Waals surface area (Å²) < 4.78 is 12.8. The van der Waals surface area contributed by atoms with Gasteiger partial charge >= 0.3 is 0 Å². The van der Waals surface area contributed by atoms with Crippen molar-refractivity contribution in [2.75, 3.05) is 18.6 Å². The molecule has 0 radical (unpaired) electrons. The van der Waals surface area contributed by atoms with Crippen LogP contribution in [0.3, 0.4) is 0 Å². The van der Waals surface area contributed by atoms with E-state index in [1.54, 1.807) is 17.3 Å². The first-order chi connectivity index (χ1) is 9.74. The highest BCUT2D eigenvalue weighted by Crippen LogP contribution is 2.36. The van der Waals surface area contributed by atoms with Crippen LogP contribution < -0.4 is 14.9 Å². The summed E-state index contributed by atoms with van der Waals surface area (Å²) in [6, 6.07) is 3.77. The van der Waals surface area contributed by atoms with Crippen molar-refractivity contribution in [3.05, 3.63) is 35.4 Å². The summed E-state index contributed by atoms with van der Waals surface area (Å²) in [7, 11) is 0. The van der Waals surface area contributed by atoms with E-state index in [2.05, 4.69) is 15.6 Å². The first-order valence-corrected chi connectivity index (χ1v) is 6.78. The molecule has 0 aliphatic carbocycles. The number of aromatic nitrogens is 3. The Morgan fingerprint density at radius 3 is 2.50 bits per heavy atom. The molecule has 108 valence electrons. The van der Waals surface area contributed by atoms with E-state index in [0.29, 0.717) is 36.3 Å². The highest BCUT2D eigenvalue weighted by Gasteiger charge is 2.12. The van der Waals surface area contributed by atoms with Crippen molar-refractivity contribution in [1.82, 2.24) is 14.9 Å². The average molecular weight is 297 g/mol. The predicted octanol–water partition coefficient (Wildman–Crippen LogP) is 2.47. The molecule has 0 amide bonds. The Balaban J connectivity index is 2.16. The molecule has 20 heavy (non-hydrogen) atoms. The van der Waals surface area contributed by atoms with Crippen LogP contribution in [0, 0.1) is 0 Å². The second kappa shape index (κ2) is 7.00. The number of hydrogen-bond acceptors (Lipinski definition) is 5. The summed E-state index contributed by atoms with van der Waals surface area (Å²) in [6.07, 6.45) is 3.17. The fraction of sp³-hybridized carbons (Fsp3) is 0.385. The third-order valence-corrected chi connectivity index (χ3v) is 2.82. The van der Waals surface area contributed by atoms with Gasteiger partial charge in [0.1, 0.15) is 12.7 Å². The van der Waals surface area contributed by atoms with E-state index in [1.807, 2.05) is 26.0 Å². The zero-order valence-corrected chi connectivity index (χ0v) is 12.2. The number of benzene rings is 1. The summed E-state index contributed by atoms with van der Waals surface area (Å²) >= 11 is 6.25. The molecule has 6 nitrogen and oxygen atoms in total. The van der Waals surface area contributed by atoms with Gasteiger partial charge in [-0.2, -0.15) is 0 Å². The SMILES string of the molecule is CCOc1cc(CNn2cnnc2)cc(Cl)c1OCC. The lowest BCUT2D eigenvalue weighted by molar-refractivity contribution is 0.287. The van der Waals surface area contributed by atoms with Gasteiger partial charge in [0.2, 0.25) is 0 Å². The van der Waals surface area contributed by atoms with Gasteiger partial charge in [-0.05, 0) is 31.5 Å². The van der Waals surface area contributed by atoms with Gasteiger partial charge in [0, 0.05) is 0 Å². The minimum Gasteiger partial charge on any atom is -0.490 e. The smallest absolute Gasteiger partial charge is 0.179 e. The molecule has 0 aliphatic heterocycles. The summed E-state index contributed by atoms with van der Waals surface area (Å²) in [5.74, 6) is 1.24. The zero-order valence-electron chi connectivity index (χ0n) is 11.5. The Morgan fingerprint density at radius 1 is 1.15 bits per heavy atom. The van der Waals surface area contributed by atoms with Crippen molar-refractivity contribution in [1.29, 1.82) is 0 Å². The maximum atomic E-state index is 6.25. The van der Waals surface area contributed by atoms with E-state index in [9.17, 15) is 0 Å². The molecule has 7 heteroatoms. The summed E-state index contributed by atoms with van der Waals surface area (Å²) in [5, 5.41) is 7.97. The van der Waals surface area contributed by atoms with Crippen molar-refractivity contribution in [2.45, 2.75) is 20.4 Å². The van der Waals surface area contributed by atoms with Crippen molar-refractivity contribution < 1.29 is 9.47 Å². The van der Waals surface area contributed by atoms with Crippen molar-refractivity contribution >= 4 is 11.6 Å². The molecule has 1 heterocycles. The van der Waals surface area contributed by atoms with Crippen LogP contribution in [0.1, 0.15) is 19.4 Å². The second-order valence-electron chi connectivity index (χ2n) is 3.97. The standard InChI is InChI=1S/C13H17ClN4O2/c1-3-19-12-6-10(5-11(14)13(12)20-4-2)7-17-18-8-15-16-9-18/h5-6,8-9,17H,3-4,7H2,1-2H3. The van der Waals surface area contributed by atoms with Crippen molar-refractivity contribution in [3.8, 4) is 11.5 Å². The third kappa shape index (κ3) is 3.54. The Hall–Kier alpha value is -1.95. The lowest BCUT2D eigenvalue weighted by atomic mass is 10.2. The van der Waals surface area contributed by atoms with Gasteiger partial charge in [-0.1, -0.05) is 11.6 Å². The van der Waals surface area contributed by atoms with Crippen LogP contribution in [0.25, 0.3) is 0 Å². The highest BCUT2D eigenvalue weighted by atomic mass is 35.5. The zero-order chi connectivity index (χ0) is 14.4. The van der Waals surface area contributed by atoms with Crippen LogP contribution in [0.4, 0.5) is 0 Å². The number of hydrogen-bond donors (Lipinski definition) is 1. The molecule has 0 fully saturated rings. The highest BCUT2D eigenvalue weighted by molar-refractivity contribution is 6.32. The molecule has 0 bridgehead atoms. The Morgan fingerprint density at radius 2 is 1.85 bits per heavy atom. The normalized spacial score (nSPS) is 10.3. The molecule has 2 rings (SSSR count). The van der Waals surface area contributed by atoms with Gasteiger partial charge in [-0.25, -0.2) is 4.68 Å². The number of nitrogens with one attached hydrogen (secondary N) is 1. The maximum Gasteiger partial charge on any atom is 0.179 e. The Kier molecular flexibility index (Phi) is 5.06. The van der Waals surface area contributed by atoms with Crippen molar-refractivity contribution in [3.63, 3.8) is 0 Å². The van der Waals surface area contributed by atoms with Crippen LogP contribution in [-0.2, 0) is 6.54 Å². The number of nitrogens with zero attached hydrogens (tertiary/aromatic N) is 3. The lowest BCUT2D eigenvalue weighted by Gasteiger charge is -2.15. The van der Waals surface area contributed by atoms with Gasteiger partial charge in [0.15, 0.2) is 11.5 Å². The number of ether oxygens (including phenoxy) is 2. The maximum absolute atomic E-state index is 6.25. The van der Waals surface area contributed by atoms with Gasteiger partial charge in [0.05, 0.1) is 24.8 Å². The van der Waals surface area contributed by atoms with E-state index >= 15 is 0 Å². The first kappa shape index (κ1) is 14.5. The molecule has 0 unspecified atom stereocenters. The Labute approximate surface area is 122 Å². The molecule has 1 aromatic heterocycles. The first-order valence-electron chi connectivity index (χ1n) is 6.41. The van der Waals surface area contributed by atoms with Gasteiger partial charge in [0.25, 0.3) is 0 Å². The Bertz CT molecular complexity index is 546. The lowest BCUT2D eigenvalue weighted by Crippen LogP contribution is -2.12. The van der Waals surface area contributed by atoms with E-state index in [4.69, 9.17) is 21.1 Å². The van der Waals surface area contributed by atoms with Crippen LogP contribution >= 0.6 is 11.6 Å². The summed E-state index contributed by atoms with van der Waals surface area (Å²) in [4.78, 5) is 0. The summed E-state index contributed by atoms with van der Waals surface area (Å²) in [6.45, 7) is 5.50. The monoisotopic (exact) mass is 296 g/mol. The molecule has 0 saturated carbocycles. The van der Waals surface area contributed by atoms with E-state index in [1.165, 1.54) is 0 Å². The molecule has 0 saturated heterocycles. The minimum absolute atomic E-state index is 0.540. The second-order valence-corrected chi connectivity index (χ2v) is 4.38. The fourth-order valence-electron chi connectivity index (χ4n) is 1.74. The molecule has 0 atom stereocenters. The van der Waals surface area contributed by atoms with Gasteiger partial charge in [-0.15, -0.1) is 10.2 Å². The average Bonchev–Trinajstić information content (AvgIpc) is 2.94. The van der Waals surface area contributed by atoms with Gasteiger partial charge < -0.3 is 14.9 Å². The molecule has 1 aromatic carbocycles. The van der Waals surface area contributed by atoms with Gasteiger partial charge in [-0.3, -0.25) is 0 Å². The molecular formula is C13H17ClN4O2. The third-order valence-electron chi connectivity index (χ3n) is 2.54. The molecular weight excluding hydrogens is 280 g/mol. The molecule has 0 spiro atoms. The number of rotatable bonds is 7. The van der Waals surface area contributed by atoms with Crippen LogP contribution in [0.15, 0.2) is 24.8 Å². The largest absolute Gasteiger partial charge is 0.490 e. The van der Waals surface area contributed by atoms with E-state index in [0.717, 1.165) is 5.56 Å². The van der Waals surface area contributed by atoms with Crippen LogP contribution in [0.5, 0.6) is 11.5 Å². The van der Waals surface area contributed by atoms with Crippen LogP contribution in [-0.4, -0.2) is 28.1 Å². The fourth-order valence-corrected chi connectivity index (χ4v) is 2.02. The topological polar surface area (TPSA) is 61.2 Å². The molecule has 0 aliphatic rings.